The van der Waals surface area contributed by atoms with E-state index in [0.29, 0.717) is 17.4 Å². The number of pyridine rings is 1. The second-order valence-electron chi connectivity index (χ2n) is 9.48. The van der Waals surface area contributed by atoms with Gasteiger partial charge in [0.1, 0.15) is 0 Å². The Labute approximate surface area is 220 Å². The summed E-state index contributed by atoms with van der Waals surface area (Å²) in [7, 11) is 0. The van der Waals surface area contributed by atoms with Crippen molar-refractivity contribution in [1.82, 2.24) is 24.9 Å². The molecule has 38 heavy (non-hydrogen) atoms. The van der Waals surface area contributed by atoms with Gasteiger partial charge in [0, 0.05) is 36.5 Å². The van der Waals surface area contributed by atoms with Crippen LogP contribution >= 0.6 is 0 Å². The van der Waals surface area contributed by atoms with Gasteiger partial charge in [-0.05, 0) is 69.5 Å². The van der Waals surface area contributed by atoms with E-state index in [4.69, 9.17) is 19.7 Å². The predicted molar refractivity (Wildman–Crippen MR) is 138 cm³/mol. The molecule has 11 heteroatoms. The fourth-order valence-electron chi connectivity index (χ4n) is 4.99. The van der Waals surface area contributed by atoms with Crippen molar-refractivity contribution >= 4 is 17.7 Å². The fourth-order valence-corrected chi connectivity index (χ4v) is 4.99. The minimum absolute atomic E-state index is 0.0678. The van der Waals surface area contributed by atoms with Gasteiger partial charge in [0.2, 0.25) is 5.82 Å². The number of rotatable bonds is 8. The van der Waals surface area contributed by atoms with Crippen LogP contribution < -0.4 is 10.5 Å². The number of likely N-dealkylation sites (tertiary alicyclic amines) is 2. The monoisotopic (exact) mass is 520 g/mol. The van der Waals surface area contributed by atoms with E-state index in [2.05, 4.69) is 20.0 Å². The third-order valence-electron chi connectivity index (χ3n) is 7.03. The summed E-state index contributed by atoms with van der Waals surface area (Å²) in [5.74, 6) is -0.153. The lowest BCUT2D eigenvalue weighted by atomic mass is 10.0. The number of amides is 1. The number of piperidine rings is 1. The Morgan fingerprint density at radius 2 is 1.82 bits per heavy atom. The van der Waals surface area contributed by atoms with Crippen molar-refractivity contribution in [3.8, 4) is 16.9 Å². The molecular weight excluding hydrogens is 488 g/mol. The maximum atomic E-state index is 13.1. The third-order valence-corrected chi connectivity index (χ3v) is 7.03. The van der Waals surface area contributed by atoms with Gasteiger partial charge in [-0.15, -0.1) is 0 Å². The van der Waals surface area contributed by atoms with Crippen molar-refractivity contribution in [1.29, 1.82) is 0 Å². The van der Waals surface area contributed by atoms with Gasteiger partial charge in [-0.2, -0.15) is 4.98 Å². The third kappa shape index (κ3) is 5.77. The number of aromatic nitrogens is 3. The van der Waals surface area contributed by atoms with E-state index in [1.807, 2.05) is 29.2 Å². The molecule has 1 aromatic carbocycles. The van der Waals surface area contributed by atoms with E-state index >= 15 is 0 Å². The Morgan fingerprint density at radius 3 is 2.53 bits per heavy atom. The molecule has 0 unspecified atom stereocenters. The summed E-state index contributed by atoms with van der Waals surface area (Å²) in [5.41, 5.74) is 8.31. The SMILES string of the molecule is CCOC(=O)c1nc(COc2cc(-c3ccc(C(=O)N4CCC(N5CCCC5)CC4)cc3)cnc2N)no1. The summed E-state index contributed by atoms with van der Waals surface area (Å²) in [6.07, 6.45) is 6.31. The van der Waals surface area contributed by atoms with Gasteiger partial charge in [-0.1, -0.05) is 17.3 Å². The second kappa shape index (κ2) is 11.6. The van der Waals surface area contributed by atoms with E-state index in [9.17, 15) is 9.59 Å². The van der Waals surface area contributed by atoms with Gasteiger partial charge in [-0.3, -0.25) is 4.79 Å². The number of anilines is 1. The molecule has 2 aliphatic rings. The molecule has 0 spiro atoms. The molecule has 0 radical (unpaired) electrons. The molecule has 0 atom stereocenters. The summed E-state index contributed by atoms with van der Waals surface area (Å²) in [6, 6.07) is 9.85. The molecule has 2 saturated heterocycles. The topological polar surface area (TPSA) is 137 Å². The highest BCUT2D eigenvalue weighted by Gasteiger charge is 2.28. The van der Waals surface area contributed by atoms with Gasteiger partial charge >= 0.3 is 11.9 Å². The lowest BCUT2D eigenvalue weighted by Gasteiger charge is -2.36. The number of esters is 1. The van der Waals surface area contributed by atoms with E-state index in [1.165, 1.54) is 25.9 Å². The molecule has 2 fully saturated rings. The summed E-state index contributed by atoms with van der Waals surface area (Å²) >= 11 is 0. The molecule has 2 aliphatic heterocycles. The van der Waals surface area contributed by atoms with Crippen molar-refractivity contribution in [3.05, 3.63) is 53.8 Å². The first-order valence-corrected chi connectivity index (χ1v) is 13.0. The minimum Gasteiger partial charge on any atom is -0.482 e. The number of nitrogens with two attached hydrogens (primary N) is 1. The maximum Gasteiger partial charge on any atom is 0.397 e. The predicted octanol–water partition coefficient (Wildman–Crippen LogP) is 3.17. The number of benzene rings is 1. The molecule has 5 rings (SSSR count). The Bertz CT molecular complexity index is 1260. The molecule has 200 valence electrons. The average Bonchev–Trinajstić information content (AvgIpc) is 3.66. The maximum absolute atomic E-state index is 13.1. The van der Waals surface area contributed by atoms with Gasteiger partial charge in [0.25, 0.3) is 5.91 Å². The number of nitrogen functional groups attached to an aromatic ring is 1. The van der Waals surface area contributed by atoms with Gasteiger partial charge < -0.3 is 29.5 Å². The Morgan fingerprint density at radius 1 is 1.08 bits per heavy atom. The first kappa shape index (κ1) is 25.7. The quantitative estimate of drug-likeness (QED) is 0.441. The van der Waals surface area contributed by atoms with Crippen LogP contribution in [0.4, 0.5) is 5.82 Å². The standard InChI is InChI=1S/C27H32N6O5/c1-2-36-27(35)25-30-23(31-38-25)17-37-22-15-20(16-29-24(22)28)18-5-7-19(8-6-18)26(34)33-13-9-21(10-14-33)32-11-3-4-12-32/h5-8,15-16,21H,2-4,9-14,17H2,1H3,(H2,28,29). The zero-order valence-corrected chi connectivity index (χ0v) is 21.5. The van der Waals surface area contributed by atoms with E-state index in [-0.39, 0.29) is 36.7 Å². The summed E-state index contributed by atoms with van der Waals surface area (Å²) in [5, 5.41) is 3.72. The van der Waals surface area contributed by atoms with Crippen LogP contribution in [0.1, 0.15) is 59.5 Å². The van der Waals surface area contributed by atoms with Crippen LogP contribution in [0.15, 0.2) is 41.1 Å². The molecule has 3 aromatic rings. The normalized spacial score (nSPS) is 16.5. The van der Waals surface area contributed by atoms with E-state index in [1.54, 1.807) is 19.2 Å². The average molecular weight is 521 g/mol. The lowest BCUT2D eigenvalue weighted by molar-refractivity contribution is 0.0470. The van der Waals surface area contributed by atoms with Crippen molar-refractivity contribution < 1.29 is 23.6 Å². The van der Waals surface area contributed by atoms with Crippen LogP contribution in [-0.2, 0) is 11.3 Å². The zero-order valence-electron chi connectivity index (χ0n) is 21.5. The van der Waals surface area contributed by atoms with Gasteiger partial charge in [0.05, 0.1) is 6.61 Å². The number of hydrogen-bond donors (Lipinski definition) is 1. The molecule has 2 aromatic heterocycles. The summed E-state index contributed by atoms with van der Waals surface area (Å²) < 4.78 is 15.5. The Kier molecular flexibility index (Phi) is 7.83. The molecule has 0 saturated carbocycles. The van der Waals surface area contributed by atoms with Crippen LogP contribution in [0.3, 0.4) is 0 Å². The lowest BCUT2D eigenvalue weighted by Crippen LogP contribution is -2.45. The van der Waals surface area contributed by atoms with Gasteiger partial charge in [0.15, 0.2) is 18.2 Å². The molecule has 11 nitrogen and oxygen atoms in total. The highest BCUT2D eigenvalue weighted by molar-refractivity contribution is 5.94. The Hall–Kier alpha value is -3.99. The summed E-state index contributed by atoms with van der Waals surface area (Å²) in [4.78, 5) is 37.5. The van der Waals surface area contributed by atoms with Crippen molar-refractivity contribution in [2.24, 2.45) is 0 Å². The Balaban J connectivity index is 1.19. The highest BCUT2D eigenvalue weighted by Crippen LogP contribution is 2.28. The number of hydrogen-bond acceptors (Lipinski definition) is 10. The zero-order chi connectivity index (χ0) is 26.5. The smallest absolute Gasteiger partial charge is 0.397 e. The number of ether oxygens (including phenoxy) is 2. The van der Waals surface area contributed by atoms with Gasteiger partial charge in [-0.25, -0.2) is 9.78 Å². The molecule has 0 aliphatic carbocycles. The molecular formula is C27H32N6O5. The second-order valence-corrected chi connectivity index (χ2v) is 9.48. The van der Waals surface area contributed by atoms with Crippen LogP contribution in [0, 0.1) is 0 Å². The molecule has 1 amide bonds. The van der Waals surface area contributed by atoms with E-state index in [0.717, 1.165) is 37.1 Å². The first-order chi connectivity index (χ1) is 18.5. The largest absolute Gasteiger partial charge is 0.482 e. The molecule has 2 N–H and O–H groups in total. The van der Waals surface area contributed by atoms with Crippen LogP contribution in [0.25, 0.3) is 11.1 Å². The summed E-state index contributed by atoms with van der Waals surface area (Å²) in [6.45, 7) is 5.80. The fraction of sp³-hybridized carbons (Fsp3) is 0.444. The first-order valence-electron chi connectivity index (χ1n) is 13.0. The van der Waals surface area contributed by atoms with Crippen LogP contribution in [0.5, 0.6) is 5.75 Å². The van der Waals surface area contributed by atoms with E-state index < -0.39 is 5.97 Å². The van der Waals surface area contributed by atoms with Crippen molar-refractivity contribution in [3.63, 3.8) is 0 Å². The number of carbonyl (C=O) groups excluding carboxylic acids is 2. The van der Waals surface area contributed by atoms with Crippen LogP contribution in [0.2, 0.25) is 0 Å². The van der Waals surface area contributed by atoms with Crippen LogP contribution in [-0.4, -0.2) is 75.6 Å². The number of nitrogens with zero attached hydrogens (tertiary/aromatic N) is 5. The highest BCUT2D eigenvalue weighted by atomic mass is 16.6. The molecule has 4 heterocycles. The van der Waals surface area contributed by atoms with Crippen molar-refractivity contribution in [2.75, 3.05) is 38.5 Å². The minimum atomic E-state index is -0.692. The number of carbonyl (C=O) groups is 2. The molecule has 0 bridgehead atoms. The van der Waals surface area contributed by atoms with Crippen molar-refractivity contribution in [2.45, 2.75) is 45.3 Å².